The molecule has 0 amide bonds. The Balaban J connectivity index is 0.000000336. The maximum atomic E-state index is 9.75. The van der Waals surface area contributed by atoms with Crippen LogP contribution < -0.4 is 0 Å². The van der Waals surface area contributed by atoms with Gasteiger partial charge in [-0.15, -0.1) is 0 Å². The first-order valence-electron chi connectivity index (χ1n) is 3.70. The second-order valence-electron chi connectivity index (χ2n) is 2.41. The summed E-state index contributed by atoms with van der Waals surface area (Å²) in [7, 11) is -6.00. The highest BCUT2D eigenvalue weighted by Gasteiger charge is 2.20. The van der Waals surface area contributed by atoms with Crippen LogP contribution in [0.15, 0.2) is 18.2 Å². The van der Waals surface area contributed by atoms with Gasteiger partial charge in [-0.1, -0.05) is 29.3 Å². The predicted octanol–water partition coefficient (Wildman–Crippen LogP) is 3.80. The third-order valence-corrected chi connectivity index (χ3v) is 2.17. The molecule has 86 valence electrons. The van der Waals surface area contributed by atoms with Gasteiger partial charge in [0.2, 0.25) is 0 Å². The quantitative estimate of drug-likeness (QED) is 0.417. The molecule has 0 spiro atoms. The Morgan fingerprint density at radius 3 is 1.93 bits per heavy atom. The van der Waals surface area contributed by atoms with Crippen LogP contribution in [0.4, 0.5) is 17.3 Å². The molecule has 0 N–H and O–H groups in total. The van der Waals surface area contributed by atoms with Gasteiger partial charge in [-0.05, 0) is 24.8 Å². The van der Waals surface area contributed by atoms with Crippen LogP contribution in [0.3, 0.4) is 0 Å². The summed E-state index contributed by atoms with van der Waals surface area (Å²) in [4.78, 5) is 0. The molecule has 1 aromatic carbocycles. The summed E-state index contributed by atoms with van der Waals surface area (Å²) >= 11 is 14.8. The first kappa shape index (κ1) is 14.9. The van der Waals surface area contributed by atoms with Crippen LogP contribution in [0, 0.1) is 0 Å². The van der Waals surface area contributed by atoms with Crippen LogP contribution in [0.2, 0.25) is 10.0 Å². The molecule has 0 saturated carbocycles. The summed E-state index contributed by atoms with van der Waals surface area (Å²) in [5.74, 6) is 0.760. The van der Waals surface area contributed by atoms with E-state index in [0.29, 0.717) is 10.0 Å². The van der Waals surface area contributed by atoms with Gasteiger partial charge in [0.25, 0.3) is 0 Å². The van der Waals surface area contributed by atoms with Crippen molar-refractivity contribution in [1.82, 2.24) is 0 Å². The minimum absolute atomic E-state index is 0.675. The maximum Gasteiger partial charge on any atom is 0.673 e. The maximum absolute atomic E-state index is 9.75. The van der Waals surface area contributed by atoms with Crippen molar-refractivity contribution >= 4 is 43.1 Å². The fourth-order valence-electron chi connectivity index (χ4n) is 0.665. The van der Waals surface area contributed by atoms with Crippen molar-refractivity contribution in [3.05, 3.63) is 33.8 Å². The average molecular weight is 281 g/mol. The standard InChI is InChI=1S/C7H6Cl2S.BF4/c8-6-2-1-5(4-10)7(9)3-6;2-1(3,4)5/h1-3,10H,4H2;/q;-1/p+1. The van der Waals surface area contributed by atoms with E-state index in [2.05, 4.69) is 12.6 Å². The van der Waals surface area contributed by atoms with Crippen LogP contribution in [0.1, 0.15) is 5.56 Å². The number of hydrogen-bond donors (Lipinski definition) is 0. The van der Waals surface area contributed by atoms with Crippen molar-refractivity contribution in [3.63, 3.8) is 0 Å². The molecule has 0 fully saturated rings. The number of rotatable bonds is 1. The lowest BCUT2D eigenvalue weighted by molar-refractivity contribution is 0.368. The van der Waals surface area contributed by atoms with E-state index in [1.165, 1.54) is 0 Å². The van der Waals surface area contributed by atoms with Gasteiger partial charge in [0.1, 0.15) is 5.75 Å². The van der Waals surface area contributed by atoms with Gasteiger partial charge in [0.05, 0.1) is 0 Å². The van der Waals surface area contributed by atoms with Crippen LogP contribution in [0.5, 0.6) is 0 Å². The monoisotopic (exact) mass is 280 g/mol. The van der Waals surface area contributed by atoms with E-state index >= 15 is 0 Å². The highest BCUT2D eigenvalue weighted by Crippen LogP contribution is 2.20. The molecule has 1 aromatic rings. The van der Waals surface area contributed by atoms with E-state index in [0.717, 1.165) is 11.3 Å². The Morgan fingerprint density at radius 2 is 1.60 bits per heavy atom. The molecule has 0 aliphatic rings. The highest BCUT2D eigenvalue weighted by atomic mass is 35.5. The largest absolute Gasteiger partial charge is 0.673 e. The smallest absolute Gasteiger partial charge is 0.418 e. The Kier molecular flexibility index (Phi) is 6.47. The number of hydrogen-bond acceptors (Lipinski definition) is 0. The molecular formula is C7H7BCl2F4S. The van der Waals surface area contributed by atoms with Gasteiger partial charge in [-0.3, -0.25) is 0 Å². The van der Waals surface area contributed by atoms with Crippen LogP contribution >= 0.6 is 23.2 Å². The van der Waals surface area contributed by atoms with E-state index in [1.807, 2.05) is 12.1 Å². The van der Waals surface area contributed by atoms with E-state index < -0.39 is 7.25 Å². The minimum atomic E-state index is -6.00. The summed E-state index contributed by atoms with van der Waals surface area (Å²) in [6.07, 6.45) is 0. The predicted molar refractivity (Wildman–Crippen MR) is 60.5 cm³/mol. The van der Waals surface area contributed by atoms with Crippen molar-refractivity contribution in [3.8, 4) is 0 Å². The third kappa shape index (κ3) is 8.90. The Bertz CT molecular complexity index is 312. The van der Waals surface area contributed by atoms with Crippen LogP contribution in [0.25, 0.3) is 0 Å². The topological polar surface area (TPSA) is 0 Å². The van der Waals surface area contributed by atoms with Gasteiger partial charge in [0.15, 0.2) is 0 Å². The molecule has 0 heterocycles. The molecule has 0 radical (unpaired) electrons. The van der Waals surface area contributed by atoms with Crippen molar-refractivity contribution in [2.75, 3.05) is 0 Å². The summed E-state index contributed by atoms with van der Waals surface area (Å²) < 4.78 is 39.0. The molecular weight excluding hydrogens is 274 g/mol. The first-order chi connectivity index (χ1) is 6.74. The third-order valence-electron chi connectivity index (χ3n) is 1.21. The Labute approximate surface area is 100 Å². The molecule has 0 nitrogen and oxygen atoms in total. The first-order valence-corrected chi connectivity index (χ1v) is 5.16. The molecule has 0 bridgehead atoms. The summed E-state index contributed by atoms with van der Waals surface area (Å²) in [6, 6.07) is 5.46. The molecule has 0 unspecified atom stereocenters. The van der Waals surface area contributed by atoms with E-state index in [1.54, 1.807) is 6.07 Å². The summed E-state index contributed by atoms with van der Waals surface area (Å²) in [6.45, 7) is 0. The lowest BCUT2D eigenvalue weighted by Gasteiger charge is -1.96. The van der Waals surface area contributed by atoms with Gasteiger partial charge in [0, 0.05) is 15.6 Å². The lowest BCUT2D eigenvalue weighted by Crippen LogP contribution is -2.02. The zero-order valence-corrected chi connectivity index (χ0v) is 9.80. The molecule has 15 heavy (non-hydrogen) atoms. The van der Waals surface area contributed by atoms with Crippen LogP contribution in [-0.2, 0) is 18.4 Å². The van der Waals surface area contributed by atoms with Gasteiger partial charge < -0.3 is 17.3 Å². The van der Waals surface area contributed by atoms with Gasteiger partial charge in [-0.25, -0.2) is 0 Å². The average Bonchev–Trinajstić information content (AvgIpc) is 2.01. The van der Waals surface area contributed by atoms with E-state index in [4.69, 9.17) is 23.2 Å². The normalized spacial score (nSPS) is 10.6. The molecule has 0 aromatic heterocycles. The zero-order chi connectivity index (χ0) is 12.1. The number of benzene rings is 1. The second kappa shape index (κ2) is 6.50. The zero-order valence-electron chi connectivity index (χ0n) is 7.28. The summed E-state index contributed by atoms with van der Waals surface area (Å²) in [5, 5.41) is 1.39. The highest BCUT2D eigenvalue weighted by molar-refractivity contribution is 7.57. The fraction of sp³-hybridized carbons (Fsp3) is 0.143. The minimum Gasteiger partial charge on any atom is -0.418 e. The van der Waals surface area contributed by atoms with E-state index in [-0.39, 0.29) is 0 Å². The second-order valence-corrected chi connectivity index (χ2v) is 3.60. The SMILES string of the molecule is F[B-](F)(F)F.[SH2+]Cc1ccc(Cl)cc1Cl. The molecule has 1 rings (SSSR count). The molecule has 0 aliphatic carbocycles. The van der Waals surface area contributed by atoms with Crippen molar-refractivity contribution < 1.29 is 17.3 Å². The van der Waals surface area contributed by atoms with Crippen molar-refractivity contribution in [1.29, 1.82) is 0 Å². The summed E-state index contributed by atoms with van der Waals surface area (Å²) in [5.41, 5.74) is 1.06. The molecule has 8 heteroatoms. The molecule has 0 atom stereocenters. The van der Waals surface area contributed by atoms with Crippen molar-refractivity contribution in [2.24, 2.45) is 0 Å². The van der Waals surface area contributed by atoms with Crippen molar-refractivity contribution in [2.45, 2.75) is 5.75 Å². The molecule has 0 aliphatic heterocycles. The molecule has 0 saturated heterocycles. The van der Waals surface area contributed by atoms with E-state index in [9.17, 15) is 17.3 Å². The van der Waals surface area contributed by atoms with Gasteiger partial charge in [-0.2, -0.15) is 0 Å². The lowest BCUT2D eigenvalue weighted by atomic mass is 10.2. The Hall–Kier alpha value is -0.0651. The fourth-order valence-corrected chi connectivity index (χ4v) is 1.56. The number of halogens is 6. The Morgan fingerprint density at radius 1 is 1.13 bits per heavy atom. The van der Waals surface area contributed by atoms with Crippen LogP contribution in [-0.4, -0.2) is 7.25 Å². The van der Waals surface area contributed by atoms with Gasteiger partial charge >= 0.3 is 7.25 Å².